The van der Waals surface area contributed by atoms with Crippen LogP contribution in [0.15, 0.2) is 42.5 Å². The van der Waals surface area contributed by atoms with Crippen LogP contribution in [0, 0.1) is 0 Å². The van der Waals surface area contributed by atoms with Gasteiger partial charge in [0, 0.05) is 0 Å². The van der Waals surface area contributed by atoms with Crippen LogP contribution >= 0.6 is 0 Å². The lowest BCUT2D eigenvalue weighted by molar-refractivity contribution is -0.137. The van der Waals surface area contributed by atoms with Gasteiger partial charge in [0.05, 0.1) is 17.7 Å². The number of halogens is 3. The molecule has 0 fully saturated rings. The van der Waals surface area contributed by atoms with Gasteiger partial charge in [-0.3, -0.25) is 4.79 Å². The van der Waals surface area contributed by atoms with Crippen molar-refractivity contribution in [1.82, 2.24) is 0 Å². The number of rotatable bonds is 5. The molecular formula is C18H15F3O2. The van der Waals surface area contributed by atoms with E-state index in [2.05, 4.69) is 0 Å². The molecule has 0 aromatic heterocycles. The molecule has 23 heavy (non-hydrogen) atoms. The molecule has 2 aromatic rings. The van der Waals surface area contributed by atoms with Gasteiger partial charge in [0.2, 0.25) is 0 Å². The third-order valence-corrected chi connectivity index (χ3v) is 3.14. The van der Waals surface area contributed by atoms with Gasteiger partial charge in [-0.1, -0.05) is 30.4 Å². The largest absolute Gasteiger partial charge is 0.493 e. The molecule has 0 N–H and O–H groups in total. The minimum atomic E-state index is -4.37. The highest BCUT2D eigenvalue weighted by molar-refractivity contribution is 5.82. The molecule has 0 atom stereocenters. The Morgan fingerprint density at radius 2 is 1.74 bits per heavy atom. The van der Waals surface area contributed by atoms with E-state index in [0.717, 1.165) is 12.1 Å². The molecule has 0 aliphatic rings. The quantitative estimate of drug-likeness (QED) is 0.567. The number of ether oxygens (including phenoxy) is 1. The number of carbonyl (C=O) groups excluding carboxylic acids is 1. The van der Waals surface area contributed by atoms with E-state index in [0.29, 0.717) is 35.3 Å². The van der Waals surface area contributed by atoms with Crippen LogP contribution in [0.1, 0.15) is 34.0 Å². The van der Waals surface area contributed by atoms with Crippen LogP contribution in [0.4, 0.5) is 13.2 Å². The fourth-order valence-corrected chi connectivity index (χ4v) is 2.06. The van der Waals surface area contributed by atoms with E-state index in [1.54, 1.807) is 36.4 Å². The molecule has 2 nitrogen and oxygen atoms in total. The molecule has 0 radical (unpaired) electrons. The van der Waals surface area contributed by atoms with Gasteiger partial charge in [-0.2, -0.15) is 13.2 Å². The number of aldehydes is 1. The highest BCUT2D eigenvalue weighted by atomic mass is 19.4. The van der Waals surface area contributed by atoms with Crippen LogP contribution in [-0.4, -0.2) is 12.9 Å². The van der Waals surface area contributed by atoms with Crippen molar-refractivity contribution in [2.24, 2.45) is 0 Å². The molecule has 0 heterocycles. The molecule has 0 unspecified atom stereocenters. The van der Waals surface area contributed by atoms with Crippen LogP contribution in [0.25, 0.3) is 12.2 Å². The lowest BCUT2D eigenvalue weighted by Gasteiger charge is -2.07. The van der Waals surface area contributed by atoms with Crippen LogP contribution in [0.5, 0.6) is 5.75 Å². The molecule has 0 bridgehead atoms. The second kappa shape index (κ2) is 7.13. The minimum Gasteiger partial charge on any atom is -0.493 e. The van der Waals surface area contributed by atoms with Crippen molar-refractivity contribution >= 4 is 18.4 Å². The number of carbonyl (C=O) groups is 1. The first-order valence-electron chi connectivity index (χ1n) is 7.01. The van der Waals surface area contributed by atoms with Crippen LogP contribution in [-0.2, 0) is 6.18 Å². The molecule has 0 saturated heterocycles. The molecule has 0 aliphatic heterocycles. The summed E-state index contributed by atoms with van der Waals surface area (Å²) in [5, 5.41) is 0. The van der Waals surface area contributed by atoms with Crippen molar-refractivity contribution in [1.29, 1.82) is 0 Å². The van der Waals surface area contributed by atoms with Crippen LogP contribution in [0.3, 0.4) is 0 Å². The number of hydrogen-bond acceptors (Lipinski definition) is 2. The second-order valence-electron chi connectivity index (χ2n) is 4.80. The topological polar surface area (TPSA) is 26.3 Å². The number of alkyl halides is 3. The molecule has 0 amide bonds. The summed E-state index contributed by atoms with van der Waals surface area (Å²) in [5.41, 5.74) is 0.840. The monoisotopic (exact) mass is 320 g/mol. The van der Waals surface area contributed by atoms with Crippen molar-refractivity contribution in [3.63, 3.8) is 0 Å². The van der Waals surface area contributed by atoms with Gasteiger partial charge in [-0.05, 0) is 42.3 Å². The second-order valence-corrected chi connectivity index (χ2v) is 4.80. The number of hydrogen-bond donors (Lipinski definition) is 0. The Bertz CT molecular complexity index is 718. The van der Waals surface area contributed by atoms with Gasteiger partial charge in [-0.25, -0.2) is 0 Å². The van der Waals surface area contributed by atoms with Gasteiger partial charge in [0.15, 0.2) is 6.29 Å². The average molecular weight is 320 g/mol. The highest BCUT2D eigenvalue weighted by Crippen LogP contribution is 2.30. The van der Waals surface area contributed by atoms with Gasteiger partial charge in [-0.15, -0.1) is 0 Å². The first kappa shape index (κ1) is 16.8. The van der Waals surface area contributed by atoms with Crippen molar-refractivity contribution in [3.8, 4) is 5.75 Å². The minimum absolute atomic E-state index is 0.401. The van der Waals surface area contributed by atoms with Gasteiger partial charge < -0.3 is 4.74 Å². The number of benzene rings is 2. The third-order valence-electron chi connectivity index (χ3n) is 3.14. The standard InChI is InChI=1S/C18H15F3O2/c1-2-23-17-9-8-14(10-15(17)12-22)7-6-13-4-3-5-16(11-13)18(19,20)21/h3-12H,2H2,1H3/b7-6+. The maximum absolute atomic E-state index is 12.7. The first-order valence-corrected chi connectivity index (χ1v) is 7.01. The SMILES string of the molecule is CCOc1ccc(/C=C/c2cccc(C(F)(F)F)c2)cc1C=O. The summed E-state index contributed by atoms with van der Waals surface area (Å²) in [4.78, 5) is 11.1. The molecule has 2 aromatic carbocycles. The lowest BCUT2D eigenvalue weighted by Crippen LogP contribution is -2.04. The molecule has 2 rings (SSSR count). The predicted octanol–water partition coefficient (Wildman–Crippen LogP) is 5.09. The van der Waals surface area contributed by atoms with Crippen LogP contribution in [0.2, 0.25) is 0 Å². The van der Waals surface area contributed by atoms with Crippen molar-refractivity contribution in [2.75, 3.05) is 6.61 Å². The predicted molar refractivity (Wildman–Crippen MR) is 83.4 cm³/mol. The molecular weight excluding hydrogens is 305 g/mol. The summed E-state index contributed by atoms with van der Waals surface area (Å²) >= 11 is 0. The Kier molecular flexibility index (Phi) is 5.21. The summed E-state index contributed by atoms with van der Waals surface area (Å²) in [6.45, 7) is 2.26. The van der Waals surface area contributed by atoms with Crippen molar-refractivity contribution in [2.45, 2.75) is 13.1 Å². The Labute approximate surface area is 132 Å². The molecule has 0 saturated carbocycles. The zero-order chi connectivity index (χ0) is 16.9. The van der Waals surface area contributed by atoms with Crippen LogP contribution < -0.4 is 4.74 Å². The Hall–Kier alpha value is -2.56. The summed E-state index contributed by atoms with van der Waals surface area (Å²) in [7, 11) is 0. The summed E-state index contributed by atoms with van der Waals surface area (Å²) in [6.07, 6.45) is -0.460. The fourth-order valence-electron chi connectivity index (χ4n) is 2.06. The van der Waals surface area contributed by atoms with E-state index < -0.39 is 11.7 Å². The molecule has 0 spiro atoms. The third kappa shape index (κ3) is 4.45. The molecule has 120 valence electrons. The Morgan fingerprint density at radius 3 is 2.35 bits per heavy atom. The van der Waals surface area contributed by atoms with E-state index in [1.165, 1.54) is 6.07 Å². The first-order chi connectivity index (χ1) is 10.9. The smallest absolute Gasteiger partial charge is 0.416 e. The maximum Gasteiger partial charge on any atom is 0.416 e. The van der Waals surface area contributed by atoms with E-state index in [-0.39, 0.29) is 0 Å². The van der Waals surface area contributed by atoms with E-state index >= 15 is 0 Å². The normalized spacial score (nSPS) is 11.7. The maximum atomic E-state index is 12.7. The molecule has 0 aliphatic carbocycles. The van der Waals surface area contributed by atoms with Gasteiger partial charge >= 0.3 is 6.18 Å². The Morgan fingerprint density at radius 1 is 1.04 bits per heavy atom. The lowest BCUT2D eigenvalue weighted by atomic mass is 10.1. The molecule has 5 heteroatoms. The van der Waals surface area contributed by atoms with Gasteiger partial charge in [0.25, 0.3) is 0 Å². The van der Waals surface area contributed by atoms with E-state index in [1.807, 2.05) is 6.92 Å². The average Bonchev–Trinajstić information content (AvgIpc) is 2.53. The summed E-state index contributed by atoms with van der Waals surface area (Å²) in [5.74, 6) is 0.485. The van der Waals surface area contributed by atoms with E-state index in [9.17, 15) is 18.0 Å². The van der Waals surface area contributed by atoms with Gasteiger partial charge in [0.1, 0.15) is 5.75 Å². The zero-order valence-electron chi connectivity index (χ0n) is 12.4. The van der Waals surface area contributed by atoms with E-state index in [4.69, 9.17) is 4.74 Å². The van der Waals surface area contributed by atoms with Crippen molar-refractivity contribution in [3.05, 3.63) is 64.7 Å². The summed E-state index contributed by atoms with van der Waals surface area (Å²) < 4.78 is 43.3. The fraction of sp³-hybridized carbons (Fsp3) is 0.167. The highest BCUT2D eigenvalue weighted by Gasteiger charge is 2.30. The summed E-state index contributed by atoms with van der Waals surface area (Å²) in [6, 6.07) is 10.1. The van der Waals surface area contributed by atoms with Crippen molar-refractivity contribution < 1.29 is 22.7 Å². The Balaban J connectivity index is 2.25. The zero-order valence-corrected chi connectivity index (χ0v) is 12.4.